The molecule has 0 atom stereocenters. The number of benzene rings is 3. The van der Waals surface area contributed by atoms with Gasteiger partial charge in [0.25, 0.3) is 0 Å². The molecule has 1 aromatic heterocycles. The Balaban J connectivity index is 2.23. The van der Waals surface area contributed by atoms with Crippen molar-refractivity contribution in [3.8, 4) is 11.1 Å². The third-order valence-electron chi connectivity index (χ3n) is 4.53. The summed E-state index contributed by atoms with van der Waals surface area (Å²) in [6, 6.07) is 19.4. The number of rotatable bonds is 3. The first-order chi connectivity index (χ1) is 13.2. The number of fused-ring (bicyclic) bond motifs is 3. The summed E-state index contributed by atoms with van der Waals surface area (Å²) in [5, 5.41) is 1.64. The van der Waals surface area contributed by atoms with Gasteiger partial charge in [-0.05, 0) is 17.7 Å². The van der Waals surface area contributed by atoms with Gasteiger partial charge in [-0.15, -0.1) is 11.3 Å². The molecule has 1 heterocycles. The van der Waals surface area contributed by atoms with Crippen LogP contribution in [-0.2, 0) is 9.47 Å². The van der Waals surface area contributed by atoms with Crippen molar-refractivity contribution in [1.82, 2.24) is 0 Å². The Labute approximate surface area is 160 Å². The molecular formula is C22H16O4S. The molecule has 3 aromatic carbocycles. The van der Waals surface area contributed by atoms with E-state index in [1.54, 1.807) is 17.4 Å². The van der Waals surface area contributed by atoms with Gasteiger partial charge < -0.3 is 9.47 Å². The van der Waals surface area contributed by atoms with Crippen LogP contribution in [0.4, 0.5) is 0 Å². The Morgan fingerprint density at radius 1 is 0.852 bits per heavy atom. The Morgan fingerprint density at radius 2 is 1.52 bits per heavy atom. The molecular weight excluding hydrogens is 360 g/mol. The highest BCUT2D eigenvalue weighted by Crippen LogP contribution is 2.43. The highest BCUT2D eigenvalue weighted by Gasteiger charge is 2.26. The maximum absolute atomic E-state index is 12.6. The smallest absolute Gasteiger partial charge is 0.339 e. The first kappa shape index (κ1) is 17.2. The second kappa shape index (κ2) is 6.85. The van der Waals surface area contributed by atoms with Crippen molar-refractivity contribution in [1.29, 1.82) is 0 Å². The van der Waals surface area contributed by atoms with E-state index in [9.17, 15) is 9.59 Å². The van der Waals surface area contributed by atoms with E-state index in [1.807, 2.05) is 54.6 Å². The van der Waals surface area contributed by atoms with E-state index in [0.717, 1.165) is 31.3 Å². The van der Waals surface area contributed by atoms with Crippen LogP contribution in [0.5, 0.6) is 0 Å². The van der Waals surface area contributed by atoms with Gasteiger partial charge in [-0.25, -0.2) is 9.59 Å². The van der Waals surface area contributed by atoms with Crippen LogP contribution in [0.1, 0.15) is 20.7 Å². The van der Waals surface area contributed by atoms with Crippen molar-refractivity contribution in [2.75, 3.05) is 14.2 Å². The molecule has 134 valence electrons. The van der Waals surface area contributed by atoms with Crippen LogP contribution in [0, 0.1) is 0 Å². The minimum Gasteiger partial charge on any atom is -0.465 e. The zero-order valence-corrected chi connectivity index (χ0v) is 15.6. The number of hydrogen-bond donors (Lipinski definition) is 0. The molecule has 0 aliphatic carbocycles. The predicted molar refractivity (Wildman–Crippen MR) is 107 cm³/mol. The van der Waals surface area contributed by atoms with Gasteiger partial charge in [0.15, 0.2) is 0 Å². The zero-order valence-electron chi connectivity index (χ0n) is 14.8. The third-order valence-corrected chi connectivity index (χ3v) is 5.73. The van der Waals surface area contributed by atoms with Gasteiger partial charge in [-0.2, -0.15) is 0 Å². The topological polar surface area (TPSA) is 52.6 Å². The molecule has 0 fully saturated rings. The summed E-state index contributed by atoms with van der Waals surface area (Å²) in [6.45, 7) is 0. The number of thiophene rings is 1. The fourth-order valence-corrected chi connectivity index (χ4v) is 4.56. The molecule has 0 spiro atoms. The molecule has 5 heteroatoms. The number of carbonyl (C=O) groups excluding carboxylic acids is 2. The molecule has 0 aliphatic rings. The molecule has 4 rings (SSSR count). The molecule has 27 heavy (non-hydrogen) atoms. The van der Waals surface area contributed by atoms with Gasteiger partial charge in [0.2, 0.25) is 0 Å². The first-order valence-electron chi connectivity index (χ1n) is 8.36. The lowest BCUT2D eigenvalue weighted by Crippen LogP contribution is -2.12. The van der Waals surface area contributed by atoms with E-state index in [0.29, 0.717) is 0 Å². The summed E-state index contributed by atoms with van der Waals surface area (Å²) in [7, 11) is 2.62. The second-order valence-corrected chi connectivity index (χ2v) is 7.05. The highest BCUT2D eigenvalue weighted by molar-refractivity contribution is 7.26. The number of carbonyl (C=O) groups is 2. The number of methoxy groups -OCH3 is 2. The zero-order chi connectivity index (χ0) is 19.0. The van der Waals surface area contributed by atoms with Crippen LogP contribution in [0.25, 0.3) is 31.3 Å². The molecule has 4 nitrogen and oxygen atoms in total. The SMILES string of the molecule is COC(=O)c1cc(-c2ccccc2)c2sc3ccccc3c2c1C(=O)OC. The first-order valence-corrected chi connectivity index (χ1v) is 9.17. The average molecular weight is 376 g/mol. The van der Waals surface area contributed by atoms with Gasteiger partial charge in [0.1, 0.15) is 0 Å². The molecule has 0 aliphatic heterocycles. The van der Waals surface area contributed by atoms with Crippen molar-refractivity contribution in [3.05, 3.63) is 71.8 Å². The normalized spacial score (nSPS) is 10.9. The number of esters is 2. The van der Waals surface area contributed by atoms with Crippen LogP contribution in [0.2, 0.25) is 0 Å². The summed E-state index contributed by atoms with van der Waals surface area (Å²) in [5.74, 6) is -1.12. The maximum atomic E-state index is 12.6. The van der Waals surface area contributed by atoms with Gasteiger partial charge in [-0.3, -0.25) is 0 Å². The maximum Gasteiger partial charge on any atom is 0.339 e. The lowest BCUT2D eigenvalue weighted by Gasteiger charge is -2.12. The van der Waals surface area contributed by atoms with Gasteiger partial charge in [0, 0.05) is 25.7 Å². The molecule has 0 saturated carbocycles. The van der Waals surface area contributed by atoms with Crippen LogP contribution < -0.4 is 0 Å². The number of hydrogen-bond acceptors (Lipinski definition) is 5. The third kappa shape index (κ3) is 2.76. The van der Waals surface area contributed by atoms with Gasteiger partial charge >= 0.3 is 11.9 Å². The molecule has 0 N–H and O–H groups in total. The summed E-state index contributed by atoms with van der Waals surface area (Å²) in [5.41, 5.74) is 2.31. The summed E-state index contributed by atoms with van der Waals surface area (Å²) in [4.78, 5) is 25.1. The van der Waals surface area contributed by atoms with E-state index >= 15 is 0 Å². The van der Waals surface area contributed by atoms with E-state index in [2.05, 4.69) is 0 Å². The van der Waals surface area contributed by atoms with E-state index in [-0.39, 0.29) is 11.1 Å². The van der Waals surface area contributed by atoms with Gasteiger partial charge in [0.05, 0.1) is 25.3 Å². The van der Waals surface area contributed by atoms with Crippen molar-refractivity contribution in [2.24, 2.45) is 0 Å². The molecule has 0 saturated heterocycles. The van der Waals surface area contributed by atoms with E-state index in [1.165, 1.54) is 14.2 Å². The highest BCUT2D eigenvalue weighted by atomic mass is 32.1. The summed E-state index contributed by atoms with van der Waals surface area (Å²) < 4.78 is 11.9. The minimum absolute atomic E-state index is 0.208. The van der Waals surface area contributed by atoms with Crippen molar-refractivity contribution >= 4 is 43.4 Å². The van der Waals surface area contributed by atoms with Crippen molar-refractivity contribution in [3.63, 3.8) is 0 Å². The molecule has 0 bridgehead atoms. The fraction of sp³-hybridized carbons (Fsp3) is 0.0909. The van der Waals surface area contributed by atoms with Gasteiger partial charge in [-0.1, -0.05) is 48.5 Å². The largest absolute Gasteiger partial charge is 0.465 e. The van der Waals surface area contributed by atoms with Crippen LogP contribution in [0.15, 0.2) is 60.7 Å². The van der Waals surface area contributed by atoms with E-state index in [4.69, 9.17) is 9.47 Å². The quantitative estimate of drug-likeness (QED) is 0.456. The Bertz CT molecular complexity index is 1180. The summed E-state index contributed by atoms with van der Waals surface area (Å²) >= 11 is 1.59. The standard InChI is InChI=1S/C22H16O4S/c1-25-21(23)16-12-15(13-8-4-3-5-9-13)20-18(19(16)22(24)26-2)14-10-6-7-11-17(14)27-20/h3-12H,1-2H3. The lowest BCUT2D eigenvalue weighted by atomic mass is 9.94. The summed E-state index contributed by atoms with van der Waals surface area (Å²) in [6.07, 6.45) is 0. The monoisotopic (exact) mass is 376 g/mol. The molecule has 0 amide bonds. The van der Waals surface area contributed by atoms with Crippen LogP contribution >= 0.6 is 11.3 Å². The molecule has 0 unspecified atom stereocenters. The average Bonchev–Trinajstić information content (AvgIpc) is 3.11. The Kier molecular flexibility index (Phi) is 4.38. The van der Waals surface area contributed by atoms with Crippen molar-refractivity contribution < 1.29 is 19.1 Å². The predicted octanol–water partition coefficient (Wildman–Crippen LogP) is 5.29. The molecule has 0 radical (unpaired) electrons. The Morgan fingerprint density at radius 3 is 2.22 bits per heavy atom. The second-order valence-electron chi connectivity index (χ2n) is 6.00. The van der Waals surface area contributed by atoms with Crippen LogP contribution in [0.3, 0.4) is 0 Å². The van der Waals surface area contributed by atoms with E-state index < -0.39 is 11.9 Å². The number of ether oxygens (including phenoxy) is 2. The lowest BCUT2D eigenvalue weighted by molar-refractivity contribution is 0.0557. The minimum atomic E-state index is -0.565. The van der Waals surface area contributed by atoms with Crippen LogP contribution in [-0.4, -0.2) is 26.2 Å². The Hall–Kier alpha value is -3.18. The van der Waals surface area contributed by atoms with Crippen molar-refractivity contribution in [2.45, 2.75) is 0 Å². The fourth-order valence-electron chi connectivity index (χ4n) is 3.32. The molecule has 4 aromatic rings.